The zero-order valence-corrected chi connectivity index (χ0v) is 20.3. The van der Waals surface area contributed by atoms with Crippen molar-refractivity contribution in [2.24, 2.45) is 5.73 Å². The van der Waals surface area contributed by atoms with Crippen LogP contribution in [0.1, 0.15) is 31.2 Å². The van der Waals surface area contributed by atoms with Gasteiger partial charge in [0.25, 0.3) is 0 Å². The van der Waals surface area contributed by atoms with Crippen LogP contribution in [-0.2, 0) is 30.4 Å². The van der Waals surface area contributed by atoms with Gasteiger partial charge in [0.1, 0.15) is 18.1 Å². The number of amides is 3. The summed E-state index contributed by atoms with van der Waals surface area (Å²) in [6, 6.07) is 4.30. The number of aliphatic carboxylic acids is 2. The van der Waals surface area contributed by atoms with Gasteiger partial charge in [-0.1, -0.05) is 30.3 Å². The van der Waals surface area contributed by atoms with Crippen LogP contribution in [0.15, 0.2) is 30.3 Å². The molecule has 3 amide bonds. The summed E-state index contributed by atoms with van der Waals surface area (Å²) < 4.78 is 0. The molecule has 6 N–H and O–H groups in total. The molecule has 1 fully saturated rings. The van der Waals surface area contributed by atoms with Crippen LogP contribution >= 0.6 is 11.8 Å². The Balaban J connectivity index is 2.23. The van der Waals surface area contributed by atoms with Crippen molar-refractivity contribution < 1.29 is 34.2 Å². The monoisotopic (exact) mass is 508 g/mol. The van der Waals surface area contributed by atoms with E-state index in [1.165, 1.54) is 16.7 Å². The third-order valence-electron chi connectivity index (χ3n) is 5.70. The molecule has 1 aliphatic rings. The first-order valence-electron chi connectivity index (χ1n) is 11.3. The first kappa shape index (κ1) is 28.1. The Labute approximate surface area is 207 Å². The Bertz CT molecular complexity index is 914. The number of thioether (sulfide) groups is 1. The molecule has 1 aromatic carbocycles. The van der Waals surface area contributed by atoms with Gasteiger partial charge < -0.3 is 31.5 Å². The summed E-state index contributed by atoms with van der Waals surface area (Å²) in [7, 11) is 0. The Kier molecular flexibility index (Phi) is 11.0. The number of rotatable bonds is 13. The van der Waals surface area contributed by atoms with Crippen LogP contribution in [0, 0.1) is 0 Å². The van der Waals surface area contributed by atoms with Crippen molar-refractivity contribution in [3.63, 3.8) is 0 Å². The highest BCUT2D eigenvalue weighted by atomic mass is 32.2. The van der Waals surface area contributed by atoms with Crippen LogP contribution in [0.5, 0.6) is 0 Å². The topological polar surface area (TPSA) is 179 Å². The molecule has 1 aliphatic heterocycles. The lowest BCUT2D eigenvalue weighted by Gasteiger charge is -2.29. The fourth-order valence-corrected chi connectivity index (χ4v) is 4.34. The third-order valence-corrected chi connectivity index (χ3v) is 6.34. The molecule has 4 atom stereocenters. The van der Waals surface area contributed by atoms with Gasteiger partial charge in [-0.2, -0.15) is 11.8 Å². The van der Waals surface area contributed by atoms with E-state index in [0.717, 1.165) is 5.56 Å². The second-order valence-corrected chi connectivity index (χ2v) is 9.31. The van der Waals surface area contributed by atoms with E-state index in [4.69, 9.17) is 5.73 Å². The normalized spacial score (nSPS) is 17.8. The van der Waals surface area contributed by atoms with Crippen molar-refractivity contribution in [2.45, 2.75) is 56.3 Å². The van der Waals surface area contributed by atoms with Gasteiger partial charge in [0.15, 0.2) is 0 Å². The molecule has 0 radical (unpaired) electrons. The number of likely N-dealkylation sites (tertiary alicyclic amines) is 1. The number of carboxylic acids is 2. The number of benzene rings is 1. The maximum Gasteiger partial charge on any atom is 0.326 e. The number of nitrogens with zero attached hydrogens (tertiary/aromatic N) is 1. The minimum atomic E-state index is -1.46. The van der Waals surface area contributed by atoms with E-state index in [1.807, 2.05) is 6.26 Å². The molecule has 1 aromatic rings. The van der Waals surface area contributed by atoms with Gasteiger partial charge in [-0.05, 0) is 36.8 Å². The molecule has 0 bridgehead atoms. The maximum absolute atomic E-state index is 13.3. The second-order valence-electron chi connectivity index (χ2n) is 8.33. The van der Waals surface area contributed by atoms with E-state index in [2.05, 4.69) is 10.6 Å². The Morgan fingerprint density at radius 3 is 2.34 bits per heavy atom. The molecule has 4 unspecified atom stereocenters. The van der Waals surface area contributed by atoms with Crippen LogP contribution in [-0.4, -0.2) is 87.5 Å². The highest BCUT2D eigenvalue weighted by Crippen LogP contribution is 2.20. The first-order chi connectivity index (χ1) is 16.6. The van der Waals surface area contributed by atoms with Crippen LogP contribution in [0.3, 0.4) is 0 Å². The van der Waals surface area contributed by atoms with Crippen LogP contribution in [0.4, 0.5) is 0 Å². The van der Waals surface area contributed by atoms with Crippen molar-refractivity contribution in [2.75, 3.05) is 18.6 Å². The van der Waals surface area contributed by atoms with Crippen molar-refractivity contribution in [1.82, 2.24) is 15.5 Å². The number of carbonyl (C=O) groups excluding carboxylic acids is 3. The molecular formula is C23H32N4O7S. The summed E-state index contributed by atoms with van der Waals surface area (Å²) in [4.78, 5) is 63.0. The maximum atomic E-state index is 13.3. The van der Waals surface area contributed by atoms with E-state index in [9.17, 15) is 34.2 Å². The highest BCUT2D eigenvalue weighted by molar-refractivity contribution is 7.98. The molecule has 0 saturated carbocycles. The summed E-state index contributed by atoms with van der Waals surface area (Å²) in [5.41, 5.74) is 6.56. The van der Waals surface area contributed by atoms with Crippen LogP contribution < -0.4 is 16.4 Å². The smallest absolute Gasteiger partial charge is 0.326 e. The summed E-state index contributed by atoms with van der Waals surface area (Å²) in [6.45, 7) is 0.233. The standard InChI is InChI=1S/C23H32N4O7S/c1-35-11-9-15(24)20(30)25-16(13-19(28)29)21(31)26-17(12-14-6-3-2-4-7-14)22(32)27-10-5-8-18(27)23(33)34/h2-4,6-7,15-18H,5,8-13,24H2,1H3,(H,25,30)(H,26,31)(H,28,29)(H,33,34). The van der Waals surface area contributed by atoms with E-state index >= 15 is 0 Å². The molecule has 1 saturated heterocycles. The summed E-state index contributed by atoms with van der Waals surface area (Å²) in [5.74, 6) is -3.95. The number of hydrogen-bond donors (Lipinski definition) is 5. The minimum Gasteiger partial charge on any atom is -0.481 e. The average molecular weight is 509 g/mol. The van der Waals surface area contributed by atoms with Gasteiger partial charge in [0, 0.05) is 13.0 Å². The molecule has 0 aliphatic carbocycles. The molecule has 0 aromatic heterocycles. The summed E-state index contributed by atoms with van der Waals surface area (Å²) in [6.07, 6.45) is 2.37. The zero-order valence-electron chi connectivity index (χ0n) is 19.5. The van der Waals surface area contributed by atoms with Gasteiger partial charge in [-0.25, -0.2) is 4.79 Å². The lowest BCUT2D eigenvalue weighted by Crippen LogP contribution is -2.58. The van der Waals surface area contributed by atoms with Gasteiger partial charge in [-0.3, -0.25) is 19.2 Å². The summed E-state index contributed by atoms with van der Waals surface area (Å²) >= 11 is 1.49. The lowest BCUT2D eigenvalue weighted by molar-refractivity contribution is -0.149. The molecule has 35 heavy (non-hydrogen) atoms. The molecular weight excluding hydrogens is 476 g/mol. The van der Waals surface area contributed by atoms with Crippen molar-refractivity contribution in [1.29, 1.82) is 0 Å². The molecule has 0 spiro atoms. The number of carbonyl (C=O) groups is 5. The predicted octanol–water partition coefficient (Wildman–Crippen LogP) is -0.171. The largest absolute Gasteiger partial charge is 0.481 e. The Hall–Kier alpha value is -3.12. The van der Waals surface area contributed by atoms with E-state index in [1.54, 1.807) is 30.3 Å². The van der Waals surface area contributed by atoms with Gasteiger partial charge >= 0.3 is 11.9 Å². The second kappa shape index (κ2) is 13.7. The van der Waals surface area contributed by atoms with Gasteiger partial charge in [0.2, 0.25) is 17.7 Å². The lowest BCUT2D eigenvalue weighted by atomic mass is 10.0. The highest BCUT2D eigenvalue weighted by Gasteiger charge is 2.38. The third kappa shape index (κ3) is 8.55. The van der Waals surface area contributed by atoms with Crippen molar-refractivity contribution >= 4 is 41.4 Å². The van der Waals surface area contributed by atoms with E-state index < -0.39 is 60.2 Å². The average Bonchev–Trinajstić information content (AvgIpc) is 3.32. The predicted molar refractivity (Wildman–Crippen MR) is 130 cm³/mol. The fourth-order valence-electron chi connectivity index (χ4n) is 3.85. The van der Waals surface area contributed by atoms with E-state index in [-0.39, 0.29) is 13.0 Å². The fraction of sp³-hybridized carbons (Fsp3) is 0.522. The van der Waals surface area contributed by atoms with Crippen molar-refractivity contribution in [3.05, 3.63) is 35.9 Å². The molecule has 12 heteroatoms. The molecule has 2 rings (SSSR count). The number of nitrogens with one attached hydrogen (secondary N) is 2. The van der Waals surface area contributed by atoms with E-state index in [0.29, 0.717) is 25.0 Å². The molecule has 11 nitrogen and oxygen atoms in total. The number of nitrogens with two attached hydrogens (primary N) is 1. The van der Waals surface area contributed by atoms with Crippen LogP contribution in [0.25, 0.3) is 0 Å². The molecule has 192 valence electrons. The zero-order chi connectivity index (χ0) is 26.0. The Morgan fingerprint density at radius 2 is 1.74 bits per heavy atom. The van der Waals surface area contributed by atoms with Gasteiger partial charge in [0.05, 0.1) is 12.5 Å². The Morgan fingerprint density at radius 1 is 1.09 bits per heavy atom. The summed E-state index contributed by atoms with van der Waals surface area (Å²) in [5, 5.41) is 23.7. The quantitative estimate of drug-likeness (QED) is 0.242. The van der Waals surface area contributed by atoms with Gasteiger partial charge in [-0.15, -0.1) is 0 Å². The number of carboxylic acid groups (broad SMARTS) is 2. The number of hydrogen-bond acceptors (Lipinski definition) is 7. The first-order valence-corrected chi connectivity index (χ1v) is 12.7. The van der Waals surface area contributed by atoms with Crippen LogP contribution in [0.2, 0.25) is 0 Å². The van der Waals surface area contributed by atoms with Crippen molar-refractivity contribution in [3.8, 4) is 0 Å². The molecule has 1 heterocycles. The minimum absolute atomic E-state index is 0.0647. The SMILES string of the molecule is CSCCC(N)C(=O)NC(CC(=O)O)C(=O)NC(Cc1ccccc1)C(=O)N1CCCC1C(=O)O.